The number of carbonyl (C=O) groups is 1. The van der Waals surface area contributed by atoms with E-state index in [9.17, 15) is 9.90 Å². The Balaban J connectivity index is 1.80. The summed E-state index contributed by atoms with van der Waals surface area (Å²) in [5.74, 6) is -0.416. The third kappa shape index (κ3) is 3.65. The van der Waals surface area contributed by atoms with E-state index < -0.39 is 5.97 Å². The Morgan fingerprint density at radius 1 is 1.00 bits per heavy atom. The molecule has 5 heteroatoms. The average molecular weight is 274 g/mol. The van der Waals surface area contributed by atoms with E-state index in [4.69, 9.17) is 14.6 Å². The van der Waals surface area contributed by atoms with Crippen LogP contribution in [-0.4, -0.2) is 29.4 Å². The fraction of sp³-hybridized carbons (Fsp3) is 0.133. The first kappa shape index (κ1) is 13.7. The molecule has 2 aromatic rings. The van der Waals surface area contributed by atoms with E-state index in [1.807, 2.05) is 18.2 Å². The summed E-state index contributed by atoms with van der Waals surface area (Å²) >= 11 is 0. The minimum atomic E-state index is -0.667. The first-order valence-corrected chi connectivity index (χ1v) is 6.04. The van der Waals surface area contributed by atoms with Crippen LogP contribution < -0.4 is 4.74 Å². The van der Waals surface area contributed by atoms with Crippen LogP contribution in [0, 0.1) is 0 Å². The van der Waals surface area contributed by atoms with Crippen molar-refractivity contribution in [2.75, 3.05) is 13.2 Å². The van der Waals surface area contributed by atoms with Crippen molar-refractivity contribution in [3.8, 4) is 17.2 Å². The largest absolute Gasteiger partial charge is 0.508 e. The quantitative estimate of drug-likeness (QED) is 0.646. The van der Waals surface area contributed by atoms with Crippen molar-refractivity contribution in [1.82, 2.24) is 0 Å². The predicted molar refractivity (Wildman–Crippen MR) is 72.0 cm³/mol. The van der Waals surface area contributed by atoms with Gasteiger partial charge in [-0.2, -0.15) is 0 Å². The number of ether oxygens (including phenoxy) is 2. The number of hydrogen-bond donors (Lipinski definition) is 2. The molecule has 0 saturated carbocycles. The SMILES string of the molecule is O=C(OCCOc1ccccc1)c1ccc(O)cc1O. The summed E-state index contributed by atoms with van der Waals surface area (Å²) < 4.78 is 10.3. The maximum atomic E-state index is 11.7. The van der Waals surface area contributed by atoms with Gasteiger partial charge in [-0.25, -0.2) is 4.79 Å². The normalized spacial score (nSPS) is 10.0. The predicted octanol–water partition coefficient (Wildman–Crippen LogP) is 2.33. The van der Waals surface area contributed by atoms with Gasteiger partial charge in [-0.05, 0) is 24.3 Å². The van der Waals surface area contributed by atoms with Crippen molar-refractivity contribution in [3.63, 3.8) is 0 Å². The molecule has 0 unspecified atom stereocenters. The summed E-state index contributed by atoms with van der Waals surface area (Å²) in [4.78, 5) is 11.7. The number of carbonyl (C=O) groups excluding carboxylic acids is 1. The van der Waals surface area contributed by atoms with Gasteiger partial charge in [0.15, 0.2) is 0 Å². The highest BCUT2D eigenvalue weighted by Crippen LogP contribution is 2.23. The molecular weight excluding hydrogens is 260 g/mol. The van der Waals surface area contributed by atoms with Gasteiger partial charge >= 0.3 is 5.97 Å². The highest BCUT2D eigenvalue weighted by Gasteiger charge is 2.12. The molecule has 0 radical (unpaired) electrons. The van der Waals surface area contributed by atoms with E-state index in [0.29, 0.717) is 5.75 Å². The zero-order chi connectivity index (χ0) is 14.4. The van der Waals surface area contributed by atoms with E-state index in [2.05, 4.69) is 0 Å². The molecule has 0 spiro atoms. The van der Waals surface area contributed by atoms with E-state index in [1.54, 1.807) is 12.1 Å². The topological polar surface area (TPSA) is 76.0 Å². The smallest absolute Gasteiger partial charge is 0.342 e. The number of para-hydroxylation sites is 1. The van der Waals surface area contributed by atoms with Gasteiger partial charge in [0.25, 0.3) is 0 Å². The molecule has 0 atom stereocenters. The number of phenolic OH excluding ortho intramolecular Hbond substituents is 2. The van der Waals surface area contributed by atoms with Crippen LogP contribution in [0.3, 0.4) is 0 Å². The second-order valence-corrected chi connectivity index (χ2v) is 4.00. The van der Waals surface area contributed by atoms with Crippen LogP contribution in [0.25, 0.3) is 0 Å². The van der Waals surface area contributed by atoms with Crippen molar-refractivity contribution in [3.05, 3.63) is 54.1 Å². The number of phenols is 2. The lowest BCUT2D eigenvalue weighted by molar-refractivity contribution is 0.0447. The molecule has 2 rings (SSSR count). The van der Waals surface area contributed by atoms with Gasteiger partial charge in [-0.15, -0.1) is 0 Å². The Hall–Kier alpha value is -2.69. The third-order valence-electron chi connectivity index (χ3n) is 2.53. The van der Waals surface area contributed by atoms with Crippen LogP contribution in [0.15, 0.2) is 48.5 Å². The molecule has 20 heavy (non-hydrogen) atoms. The Bertz CT molecular complexity index is 580. The molecule has 0 saturated heterocycles. The molecule has 0 aliphatic carbocycles. The highest BCUT2D eigenvalue weighted by atomic mass is 16.6. The summed E-state index contributed by atoms with van der Waals surface area (Å²) in [6.45, 7) is 0.280. The van der Waals surface area contributed by atoms with Crippen molar-refractivity contribution >= 4 is 5.97 Å². The van der Waals surface area contributed by atoms with E-state index >= 15 is 0 Å². The first-order valence-electron chi connectivity index (χ1n) is 6.04. The molecule has 5 nitrogen and oxygen atoms in total. The first-order chi connectivity index (χ1) is 9.66. The molecule has 0 amide bonds. The molecule has 0 aliphatic heterocycles. The third-order valence-corrected chi connectivity index (χ3v) is 2.53. The zero-order valence-corrected chi connectivity index (χ0v) is 10.7. The molecule has 0 aromatic heterocycles. The molecular formula is C15H14O5. The molecule has 104 valence electrons. The van der Waals surface area contributed by atoms with Crippen molar-refractivity contribution < 1.29 is 24.5 Å². The van der Waals surface area contributed by atoms with Crippen LogP contribution >= 0.6 is 0 Å². The molecule has 2 aromatic carbocycles. The van der Waals surface area contributed by atoms with Crippen molar-refractivity contribution in [2.45, 2.75) is 0 Å². The van der Waals surface area contributed by atoms with Gasteiger partial charge in [0.2, 0.25) is 0 Å². The van der Waals surface area contributed by atoms with Gasteiger partial charge < -0.3 is 19.7 Å². The van der Waals surface area contributed by atoms with Crippen LogP contribution in [-0.2, 0) is 4.74 Å². The average Bonchev–Trinajstić information content (AvgIpc) is 2.44. The van der Waals surface area contributed by atoms with Crippen molar-refractivity contribution in [1.29, 1.82) is 0 Å². The van der Waals surface area contributed by atoms with Gasteiger partial charge in [0.1, 0.15) is 36.0 Å². The maximum Gasteiger partial charge on any atom is 0.342 e. The fourth-order valence-corrected chi connectivity index (χ4v) is 1.58. The van der Waals surface area contributed by atoms with E-state index in [-0.39, 0.29) is 30.3 Å². The number of aromatic hydroxyl groups is 2. The van der Waals surface area contributed by atoms with Gasteiger partial charge in [-0.3, -0.25) is 0 Å². The summed E-state index contributed by atoms with van der Waals surface area (Å²) in [6, 6.07) is 12.8. The second kappa shape index (κ2) is 6.47. The molecule has 0 bridgehead atoms. The van der Waals surface area contributed by atoms with Crippen LogP contribution in [0.5, 0.6) is 17.2 Å². The second-order valence-electron chi connectivity index (χ2n) is 4.00. The Morgan fingerprint density at radius 3 is 2.45 bits per heavy atom. The monoisotopic (exact) mass is 274 g/mol. The van der Waals surface area contributed by atoms with Crippen LogP contribution in [0.2, 0.25) is 0 Å². The fourth-order valence-electron chi connectivity index (χ4n) is 1.58. The minimum Gasteiger partial charge on any atom is -0.508 e. The molecule has 0 aliphatic rings. The van der Waals surface area contributed by atoms with Crippen LogP contribution in [0.4, 0.5) is 0 Å². The van der Waals surface area contributed by atoms with Gasteiger partial charge in [0, 0.05) is 6.07 Å². The summed E-state index contributed by atoms with van der Waals surface area (Å²) in [6.07, 6.45) is 0. The van der Waals surface area contributed by atoms with Crippen molar-refractivity contribution in [2.24, 2.45) is 0 Å². The van der Waals surface area contributed by atoms with E-state index in [0.717, 1.165) is 6.07 Å². The van der Waals surface area contributed by atoms with Crippen LogP contribution in [0.1, 0.15) is 10.4 Å². The lowest BCUT2D eigenvalue weighted by Crippen LogP contribution is -2.12. The lowest BCUT2D eigenvalue weighted by Gasteiger charge is -2.08. The minimum absolute atomic E-state index is 0.00233. The highest BCUT2D eigenvalue weighted by molar-refractivity contribution is 5.92. The number of esters is 1. The zero-order valence-electron chi connectivity index (χ0n) is 10.7. The number of hydrogen-bond acceptors (Lipinski definition) is 5. The maximum absolute atomic E-state index is 11.7. The summed E-state index contributed by atoms with van der Waals surface area (Å²) in [7, 11) is 0. The van der Waals surface area contributed by atoms with Gasteiger partial charge in [0.05, 0.1) is 0 Å². The number of rotatable bonds is 5. The Morgan fingerprint density at radius 2 is 1.75 bits per heavy atom. The molecule has 0 fully saturated rings. The lowest BCUT2D eigenvalue weighted by atomic mass is 10.2. The molecule has 0 heterocycles. The Labute approximate surface area is 116 Å². The summed E-state index contributed by atoms with van der Waals surface area (Å²) in [5.41, 5.74) is 0.00233. The molecule has 2 N–H and O–H groups in total. The standard InChI is InChI=1S/C15H14O5/c16-11-6-7-13(14(17)10-11)15(18)20-9-8-19-12-4-2-1-3-5-12/h1-7,10,16-17H,8-9H2. The van der Waals surface area contributed by atoms with E-state index in [1.165, 1.54) is 12.1 Å². The number of benzene rings is 2. The Kier molecular flexibility index (Phi) is 4.44. The van der Waals surface area contributed by atoms with Gasteiger partial charge in [-0.1, -0.05) is 18.2 Å². The summed E-state index contributed by atoms with van der Waals surface area (Å²) in [5, 5.41) is 18.6.